The van der Waals surface area contributed by atoms with Crippen LogP contribution in [0.2, 0.25) is 0 Å². The molecule has 1 heterocycles. The van der Waals surface area contributed by atoms with Crippen molar-refractivity contribution >= 4 is 11.9 Å². The SMILES string of the molecule is CC(CCc1cccc(F)c1)C(=O)NC(C(=O)O)C1CCCOC1. The number of rotatable bonds is 7. The number of hydrogen-bond donors (Lipinski definition) is 2. The second-order valence-corrected chi connectivity index (χ2v) is 6.37. The fraction of sp³-hybridized carbons (Fsp3) is 0.556. The Morgan fingerprint density at radius 2 is 2.25 bits per heavy atom. The summed E-state index contributed by atoms with van der Waals surface area (Å²) in [4.78, 5) is 23.8. The lowest BCUT2D eigenvalue weighted by molar-refractivity contribution is -0.145. The maximum absolute atomic E-state index is 13.2. The third-order valence-corrected chi connectivity index (χ3v) is 4.43. The lowest BCUT2D eigenvalue weighted by Crippen LogP contribution is -2.49. The highest BCUT2D eigenvalue weighted by molar-refractivity contribution is 5.85. The van der Waals surface area contributed by atoms with E-state index in [1.165, 1.54) is 12.1 Å². The Labute approximate surface area is 141 Å². The van der Waals surface area contributed by atoms with Crippen LogP contribution < -0.4 is 5.32 Å². The summed E-state index contributed by atoms with van der Waals surface area (Å²) < 4.78 is 18.5. The van der Waals surface area contributed by atoms with Crippen LogP contribution in [-0.4, -0.2) is 36.2 Å². The average molecular weight is 337 g/mol. The topological polar surface area (TPSA) is 75.6 Å². The lowest BCUT2D eigenvalue weighted by Gasteiger charge is -2.28. The number of benzene rings is 1. The van der Waals surface area contributed by atoms with Crippen molar-refractivity contribution in [3.63, 3.8) is 0 Å². The van der Waals surface area contributed by atoms with Gasteiger partial charge in [0.2, 0.25) is 5.91 Å². The first kappa shape index (κ1) is 18.4. The first-order valence-corrected chi connectivity index (χ1v) is 8.32. The molecule has 0 bridgehead atoms. The number of carboxylic acid groups (broad SMARTS) is 1. The van der Waals surface area contributed by atoms with Crippen LogP contribution in [0.15, 0.2) is 24.3 Å². The van der Waals surface area contributed by atoms with Crippen LogP contribution in [-0.2, 0) is 20.7 Å². The molecule has 5 nitrogen and oxygen atoms in total. The normalized spacial score (nSPS) is 20.2. The summed E-state index contributed by atoms with van der Waals surface area (Å²) in [7, 11) is 0. The van der Waals surface area contributed by atoms with Crippen LogP contribution in [0.5, 0.6) is 0 Å². The van der Waals surface area contributed by atoms with E-state index >= 15 is 0 Å². The molecule has 0 aromatic heterocycles. The number of nitrogens with one attached hydrogen (secondary N) is 1. The van der Waals surface area contributed by atoms with Crippen molar-refractivity contribution in [1.82, 2.24) is 5.32 Å². The zero-order valence-electron chi connectivity index (χ0n) is 13.8. The highest BCUT2D eigenvalue weighted by Gasteiger charge is 2.32. The van der Waals surface area contributed by atoms with E-state index in [0.717, 1.165) is 18.4 Å². The second kappa shape index (κ2) is 8.78. The van der Waals surface area contributed by atoms with Gasteiger partial charge >= 0.3 is 5.97 Å². The van der Waals surface area contributed by atoms with Crippen LogP contribution in [0.3, 0.4) is 0 Å². The second-order valence-electron chi connectivity index (χ2n) is 6.37. The van der Waals surface area contributed by atoms with Gasteiger partial charge in [0.15, 0.2) is 0 Å². The molecule has 1 aliphatic heterocycles. The maximum atomic E-state index is 13.2. The predicted molar refractivity (Wildman–Crippen MR) is 87.0 cm³/mol. The number of amides is 1. The molecule has 1 amide bonds. The Balaban J connectivity index is 1.87. The van der Waals surface area contributed by atoms with Gasteiger partial charge in [0, 0.05) is 18.4 Å². The van der Waals surface area contributed by atoms with Crippen molar-refractivity contribution < 1.29 is 23.8 Å². The Morgan fingerprint density at radius 3 is 2.88 bits per heavy atom. The van der Waals surface area contributed by atoms with Gasteiger partial charge in [-0.25, -0.2) is 9.18 Å². The van der Waals surface area contributed by atoms with Crippen molar-refractivity contribution in [2.45, 2.75) is 38.6 Å². The van der Waals surface area contributed by atoms with Gasteiger partial charge in [-0.15, -0.1) is 0 Å². The maximum Gasteiger partial charge on any atom is 0.326 e. The summed E-state index contributed by atoms with van der Waals surface area (Å²) in [5.74, 6) is -2.16. The number of hydrogen-bond acceptors (Lipinski definition) is 3. The Morgan fingerprint density at radius 1 is 1.46 bits per heavy atom. The minimum absolute atomic E-state index is 0.199. The van der Waals surface area contributed by atoms with Gasteiger partial charge in [0.05, 0.1) is 6.61 Å². The molecule has 24 heavy (non-hydrogen) atoms. The zero-order valence-corrected chi connectivity index (χ0v) is 13.8. The first-order chi connectivity index (χ1) is 11.5. The third kappa shape index (κ3) is 5.30. The van der Waals surface area contributed by atoms with Gasteiger partial charge in [-0.05, 0) is 43.4 Å². The quantitative estimate of drug-likeness (QED) is 0.801. The van der Waals surface area contributed by atoms with E-state index in [-0.39, 0.29) is 23.6 Å². The Bertz CT molecular complexity index is 572. The number of halogens is 1. The van der Waals surface area contributed by atoms with Gasteiger partial charge in [0.1, 0.15) is 11.9 Å². The summed E-state index contributed by atoms with van der Waals surface area (Å²) >= 11 is 0. The number of carbonyl (C=O) groups excluding carboxylic acids is 1. The Hall–Kier alpha value is -1.95. The van der Waals surface area contributed by atoms with E-state index in [1.54, 1.807) is 13.0 Å². The van der Waals surface area contributed by atoms with Gasteiger partial charge in [-0.2, -0.15) is 0 Å². The van der Waals surface area contributed by atoms with E-state index in [9.17, 15) is 19.1 Å². The van der Waals surface area contributed by atoms with Crippen LogP contribution in [0.25, 0.3) is 0 Å². The highest BCUT2D eigenvalue weighted by atomic mass is 19.1. The van der Waals surface area contributed by atoms with Gasteiger partial charge in [-0.3, -0.25) is 4.79 Å². The molecule has 1 fully saturated rings. The molecule has 1 aromatic rings. The zero-order chi connectivity index (χ0) is 17.5. The largest absolute Gasteiger partial charge is 0.480 e. The van der Waals surface area contributed by atoms with Gasteiger partial charge < -0.3 is 15.2 Å². The molecule has 2 rings (SSSR count). The lowest BCUT2D eigenvalue weighted by atomic mass is 9.92. The molecule has 0 spiro atoms. The third-order valence-electron chi connectivity index (χ3n) is 4.43. The van der Waals surface area contributed by atoms with Crippen LogP contribution in [0.1, 0.15) is 31.7 Å². The standard InChI is InChI=1S/C18H24FNO4/c1-12(7-8-13-4-2-6-15(19)10-13)17(21)20-16(18(22)23)14-5-3-9-24-11-14/h2,4,6,10,12,14,16H,3,5,7-9,11H2,1H3,(H,20,21)(H,22,23). The molecule has 1 saturated heterocycles. The molecule has 1 aliphatic rings. The Kier molecular flexibility index (Phi) is 6.73. The number of carboxylic acids is 1. The average Bonchev–Trinajstić information content (AvgIpc) is 2.58. The first-order valence-electron chi connectivity index (χ1n) is 8.32. The summed E-state index contributed by atoms with van der Waals surface area (Å²) in [6, 6.07) is 5.36. The van der Waals surface area contributed by atoms with Gasteiger partial charge in [0.25, 0.3) is 0 Å². The van der Waals surface area contributed by atoms with Crippen LogP contribution in [0.4, 0.5) is 4.39 Å². The minimum atomic E-state index is -1.03. The molecule has 0 radical (unpaired) electrons. The predicted octanol–water partition coefficient (Wildman–Crippen LogP) is 2.39. The molecule has 0 saturated carbocycles. The summed E-state index contributed by atoms with van der Waals surface area (Å²) in [6.45, 7) is 2.75. The van der Waals surface area contributed by atoms with E-state index in [1.807, 2.05) is 6.07 Å². The molecular formula is C18H24FNO4. The molecular weight excluding hydrogens is 313 g/mol. The molecule has 132 valence electrons. The molecule has 3 atom stereocenters. The van der Waals surface area contributed by atoms with Crippen molar-refractivity contribution in [2.75, 3.05) is 13.2 Å². The summed E-state index contributed by atoms with van der Waals surface area (Å²) in [5.41, 5.74) is 0.824. The van der Waals surface area contributed by atoms with Crippen molar-refractivity contribution in [3.8, 4) is 0 Å². The molecule has 0 aliphatic carbocycles. The summed E-state index contributed by atoms with van der Waals surface area (Å²) in [6.07, 6.45) is 2.63. The van der Waals surface area contributed by atoms with E-state index in [4.69, 9.17) is 4.74 Å². The van der Waals surface area contributed by atoms with Crippen molar-refractivity contribution in [2.24, 2.45) is 11.8 Å². The number of ether oxygens (including phenoxy) is 1. The fourth-order valence-corrected chi connectivity index (χ4v) is 2.91. The van der Waals surface area contributed by atoms with Crippen molar-refractivity contribution in [3.05, 3.63) is 35.6 Å². The number of aryl methyl sites for hydroxylation is 1. The molecule has 3 unspecified atom stereocenters. The monoisotopic (exact) mass is 337 g/mol. The van der Waals surface area contributed by atoms with Crippen LogP contribution >= 0.6 is 0 Å². The summed E-state index contributed by atoms with van der Waals surface area (Å²) in [5, 5.41) is 12.0. The molecule has 1 aromatic carbocycles. The fourth-order valence-electron chi connectivity index (χ4n) is 2.91. The van der Waals surface area contributed by atoms with E-state index in [0.29, 0.717) is 26.1 Å². The number of carbonyl (C=O) groups is 2. The van der Waals surface area contributed by atoms with Crippen molar-refractivity contribution in [1.29, 1.82) is 0 Å². The minimum Gasteiger partial charge on any atom is -0.480 e. The molecule has 6 heteroatoms. The van der Waals surface area contributed by atoms with Gasteiger partial charge in [-0.1, -0.05) is 19.1 Å². The van der Waals surface area contributed by atoms with Crippen LogP contribution in [0, 0.1) is 17.7 Å². The van der Waals surface area contributed by atoms with E-state index < -0.39 is 12.0 Å². The van der Waals surface area contributed by atoms with E-state index in [2.05, 4.69) is 5.32 Å². The molecule has 2 N–H and O–H groups in total. The highest BCUT2D eigenvalue weighted by Crippen LogP contribution is 2.19. The smallest absolute Gasteiger partial charge is 0.326 e. The number of aliphatic carboxylic acids is 1.